The molecule has 108 valence electrons. The summed E-state index contributed by atoms with van der Waals surface area (Å²) >= 11 is 0. The van der Waals surface area contributed by atoms with E-state index in [1.165, 1.54) is 12.8 Å². The molecule has 0 heterocycles. The lowest BCUT2D eigenvalue weighted by atomic mass is 10.1. The van der Waals surface area contributed by atoms with Crippen molar-refractivity contribution in [3.8, 4) is 0 Å². The van der Waals surface area contributed by atoms with E-state index in [-0.39, 0.29) is 5.91 Å². The molecular formula is C17H24N2O. The van der Waals surface area contributed by atoms with Crippen LogP contribution < -0.4 is 5.32 Å². The Kier molecular flexibility index (Phi) is 5.22. The van der Waals surface area contributed by atoms with E-state index in [1.54, 1.807) is 0 Å². The summed E-state index contributed by atoms with van der Waals surface area (Å²) in [4.78, 5) is 14.8. The Morgan fingerprint density at radius 1 is 1.40 bits per heavy atom. The molecule has 1 fully saturated rings. The summed E-state index contributed by atoms with van der Waals surface area (Å²) in [7, 11) is 0. The van der Waals surface area contributed by atoms with Crippen LogP contribution in [0.4, 0.5) is 5.69 Å². The zero-order valence-corrected chi connectivity index (χ0v) is 12.3. The molecule has 0 bridgehead atoms. The van der Waals surface area contributed by atoms with E-state index < -0.39 is 0 Å². The van der Waals surface area contributed by atoms with Gasteiger partial charge < -0.3 is 10.2 Å². The molecule has 0 saturated heterocycles. The van der Waals surface area contributed by atoms with Crippen molar-refractivity contribution >= 4 is 11.6 Å². The van der Waals surface area contributed by atoms with Crippen LogP contribution in [0, 0.1) is 0 Å². The smallest absolute Gasteiger partial charge is 0.256 e. The van der Waals surface area contributed by atoms with Gasteiger partial charge in [0, 0.05) is 24.8 Å². The molecule has 1 aromatic rings. The van der Waals surface area contributed by atoms with Crippen molar-refractivity contribution < 1.29 is 4.79 Å². The van der Waals surface area contributed by atoms with Crippen LogP contribution in [-0.2, 0) is 0 Å². The molecule has 1 N–H and O–H groups in total. The van der Waals surface area contributed by atoms with Crippen LogP contribution in [0.3, 0.4) is 0 Å². The van der Waals surface area contributed by atoms with Gasteiger partial charge in [-0.25, -0.2) is 0 Å². The van der Waals surface area contributed by atoms with Gasteiger partial charge in [0.25, 0.3) is 5.91 Å². The summed E-state index contributed by atoms with van der Waals surface area (Å²) in [6.07, 6.45) is 6.50. The second kappa shape index (κ2) is 7.13. The van der Waals surface area contributed by atoms with Crippen LogP contribution in [0.5, 0.6) is 0 Å². The lowest BCUT2D eigenvalue weighted by molar-refractivity contribution is 0.0707. The van der Waals surface area contributed by atoms with E-state index in [1.807, 2.05) is 42.2 Å². The van der Waals surface area contributed by atoms with Crippen molar-refractivity contribution in [2.75, 3.05) is 18.4 Å². The van der Waals surface area contributed by atoms with Gasteiger partial charge in [-0.1, -0.05) is 31.1 Å². The van der Waals surface area contributed by atoms with Crippen LogP contribution >= 0.6 is 0 Å². The molecule has 0 spiro atoms. The summed E-state index contributed by atoms with van der Waals surface area (Å²) in [5.74, 6) is 0.119. The molecular weight excluding hydrogens is 248 g/mol. The minimum Gasteiger partial charge on any atom is -0.385 e. The normalized spacial score (nSPS) is 15.1. The second-order valence-electron chi connectivity index (χ2n) is 5.26. The molecule has 0 unspecified atom stereocenters. The van der Waals surface area contributed by atoms with Gasteiger partial charge in [-0.3, -0.25) is 4.79 Å². The summed E-state index contributed by atoms with van der Waals surface area (Å²) < 4.78 is 0. The Balaban J connectivity index is 2.24. The van der Waals surface area contributed by atoms with Gasteiger partial charge in [0.05, 0.1) is 5.56 Å². The third-order valence-corrected chi connectivity index (χ3v) is 3.88. The first-order valence-electron chi connectivity index (χ1n) is 7.52. The summed E-state index contributed by atoms with van der Waals surface area (Å²) in [5.41, 5.74) is 1.69. The Bertz CT molecular complexity index is 464. The molecule has 0 atom stereocenters. The molecule has 2 rings (SSSR count). The second-order valence-corrected chi connectivity index (χ2v) is 5.26. The number of carbonyl (C=O) groups is 1. The molecule has 1 aliphatic rings. The van der Waals surface area contributed by atoms with Gasteiger partial charge in [-0.05, 0) is 31.9 Å². The Morgan fingerprint density at radius 3 is 2.75 bits per heavy atom. The van der Waals surface area contributed by atoms with Crippen LogP contribution in [0.1, 0.15) is 43.0 Å². The fourth-order valence-corrected chi connectivity index (χ4v) is 2.92. The highest BCUT2D eigenvalue weighted by atomic mass is 16.2. The number of carbonyl (C=O) groups excluding carboxylic acids is 1. The zero-order chi connectivity index (χ0) is 14.4. The van der Waals surface area contributed by atoms with E-state index in [9.17, 15) is 4.79 Å². The highest BCUT2D eigenvalue weighted by Gasteiger charge is 2.27. The van der Waals surface area contributed by atoms with Crippen molar-refractivity contribution in [1.82, 2.24) is 4.90 Å². The minimum absolute atomic E-state index is 0.119. The van der Waals surface area contributed by atoms with Gasteiger partial charge in [-0.2, -0.15) is 0 Å². The number of hydrogen-bond donors (Lipinski definition) is 1. The molecule has 3 nitrogen and oxygen atoms in total. The van der Waals surface area contributed by atoms with Gasteiger partial charge in [-0.15, -0.1) is 6.58 Å². The molecule has 1 aromatic carbocycles. The topological polar surface area (TPSA) is 32.3 Å². The molecule has 1 saturated carbocycles. The van der Waals surface area contributed by atoms with Crippen molar-refractivity contribution in [3.05, 3.63) is 42.5 Å². The lowest BCUT2D eigenvalue weighted by Crippen LogP contribution is -2.39. The van der Waals surface area contributed by atoms with Crippen LogP contribution in [0.25, 0.3) is 0 Å². The maximum Gasteiger partial charge on any atom is 0.256 e. The molecule has 0 aromatic heterocycles. The number of hydrogen-bond acceptors (Lipinski definition) is 2. The van der Waals surface area contributed by atoms with Gasteiger partial charge in [0.2, 0.25) is 0 Å². The van der Waals surface area contributed by atoms with Gasteiger partial charge in [0.15, 0.2) is 0 Å². The maximum atomic E-state index is 12.9. The monoisotopic (exact) mass is 272 g/mol. The third-order valence-electron chi connectivity index (χ3n) is 3.88. The van der Waals surface area contributed by atoms with Crippen LogP contribution in [-0.4, -0.2) is 29.9 Å². The first kappa shape index (κ1) is 14.6. The number of anilines is 1. The van der Waals surface area contributed by atoms with Crippen molar-refractivity contribution in [2.24, 2.45) is 0 Å². The summed E-state index contributed by atoms with van der Waals surface area (Å²) in [5, 5.41) is 3.27. The SMILES string of the molecule is C=CCN(C(=O)c1ccccc1NCC)C1CCCC1. The Labute approximate surface area is 121 Å². The molecule has 3 heteroatoms. The third kappa shape index (κ3) is 3.21. The molecule has 20 heavy (non-hydrogen) atoms. The standard InChI is InChI=1S/C17H24N2O/c1-3-13-19(14-9-5-6-10-14)17(20)15-11-7-8-12-16(15)18-4-2/h3,7-8,11-12,14,18H,1,4-6,9-10,13H2,2H3. The average Bonchev–Trinajstić information content (AvgIpc) is 2.99. The van der Waals surface area contributed by atoms with Crippen LogP contribution in [0.15, 0.2) is 36.9 Å². The first-order valence-corrected chi connectivity index (χ1v) is 7.52. The summed E-state index contributed by atoms with van der Waals surface area (Å²) in [6, 6.07) is 8.13. The molecule has 1 amide bonds. The molecule has 1 aliphatic carbocycles. The molecule has 0 radical (unpaired) electrons. The number of benzene rings is 1. The number of para-hydroxylation sites is 1. The lowest BCUT2D eigenvalue weighted by Gasteiger charge is -2.28. The van der Waals surface area contributed by atoms with E-state index >= 15 is 0 Å². The number of rotatable bonds is 6. The van der Waals surface area contributed by atoms with E-state index in [0.717, 1.165) is 30.6 Å². The quantitative estimate of drug-likeness (QED) is 0.801. The number of amides is 1. The Morgan fingerprint density at radius 2 is 2.10 bits per heavy atom. The van der Waals surface area contributed by atoms with Crippen molar-refractivity contribution in [3.63, 3.8) is 0 Å². The highest BCUT2D eigenvalue weighted by molar-refractivity contribution is 5.99. The largest absolute Gasteiger partial charge is 0.385 e. The predicted molar refractivity (Wildman–Crippen MR) is 84.1 cm³/mol. The van der Waals surface area contributed by atoms with Crippen molar-refractivity contribution in [2.45, 2.75) is 38.6 Å². The first-order chi connectivity index (χ1) is 9.77. The summed E-state index contributed by atoms with van der Waals surface area (Å²) in [6.45, 7) is 7.28. The van der Waals surface area contributed by atoms with Gasteiger partial charge in [0.1, 0.15) is 0 Å². The number of nitrogens with zero attached hydrogens (tertiary/aromatic N) is 1. The fraction of sp³-hybridized carbons (Fsp3) is 0.471. The fourth-order valence-electron chi connectivity index (χ4n) is 2.92. The zero-order valence-electron chi connectivity index (χ0n) is 12.3. The van der Waals surface area contributed by atoms with Gasteiger partial charge >= 0.3 is 0 Å². The number of nitrogens with one attached hydrogen (secondary N) is 1. The van der Waals surface area contributed by atoms with Crippen LogP contribution in [0.2, 0.25) is 0 Å². The highest BCUT2D eigenvalue weighted by Crippen LogP contribution is 2.26. The van der Waals surface area contributed by atoms with Crippen molar-refractivity contribution in [1.29, 1.82) is 0 Å². The Hall–Kier alpha value is -1.77. The maximum absolute atomic E-state index is 12.9. The predicted octanol–water partition coefficient (Wildman–Crippen LogP) is 3.69. The molecule has 0 aliphatic heterocycles. The minimum atomic E-state index is 0.119. The van der Waals surface area contributed by atoms with E-state index in [2.05, 4.69) is 11.9 Å². The van der Waals surface area contributed by atoms with E-state index in [0.29, 0.717) is 12.6 Å². The van der Waals surface area contributed by atoms with E-state index in [4.69, 9.17) is 0 Å². The average molecular weight is 272 g/mol.